The summed E-state index contributed by atoms with van der Waals surface area (Å²) < 4.78 is 71.3. The quantitative estimate of drug-likeness (QED) is 0.738. The van der Waals surface area contributed by atoms with Gasteiger partial charge in [0.15, 0.2) is 0 Å². The normalized spacial score (nSPS) is 11.6. The number of amides is 1. The van der Waals surface area contributed by atoms with E-state index in [0.717, 1.165) is 24.3 Å². The minimum atomic E-state index is -4.60. The second kappa shape index (κ2) is 7.33. The zero-order valence-corrected chi connectivity index (χ0v) is 12.1. The van der Waals surface area contributed by atoms with E-state index >= 15 is 0 Å². The lowest BCUT2D eigenvalue weighted by Crippen LogP contribution is -2.38. The Morgan fingerprint density at radius 1 is 1.17 bits per heavy atom. The van der Waals surface area contributed by atoms with Gasteiger partial charge >= 0.3 is 12.8 Å². The number of furan rings is 1. The lowest BCUT2D eigenvalue weighted by molar-refractivity contribution is -0.142. The summed E-state index contributed by atoms with van der Waals surface area (Å²) in [5.74, 6) is -0.924. The largest absolute Gasteiger partial charge is 0.467 e. The van der Waals surface area contributed by atoms with Gasteiger partial charge in [-0.2, -0.15) is 22.0 Å². The number of nitrogens with zero attached hydrogens (tertiary/aromatic N) is 1. The number of hydrogen-bond acceptors (Lipinski definition) is 3. The van der Waals surface area contributed by atoms with Crippen molar-refractivity contribution >= 4 is 5.91 Å². The molecule has 0 bridgehead atoms. The molecule has 0 aliphatic rings. The summed E-state index contributed by atoms with van der Waals surface area (Å²) in [4.78, 5) is 12.8. The molecule has 24 heavy (non-hydrogen) atoms. The first-order valence-electron chi connectivity index (χ1n) is 6.68. The van der Waals surface area contributed by atoms with E-state index in [1.54, 1.807) is 0 Å². The lowest BCUT2D eigenvalue weighted by Gasteiger charge is -2.23. The molecular weight excluding hydrogens is 337 g/mol. The smallest absolute Gasteiger partial charge is 0.406 e. The highest BCUT2D eigenvalue weighted by Crippen LogP contribution is 2.22. The van der Waals surface area contributed by atoms with Crippen LogP contribution < -0.4 is 4.74 Å². The Labute approximate surface area is 133 Å². The van der Waals surface area contributed by atoms with Crippen LogP contribution in [0.5, 0.6) is 5.75 Å². The zero-order chi connectivity index (χ0) is 17.7. The molecule has 0 N–H and O–H groups in total. The summed E-state index contributed by atoms with van der Waals surface area (Å²) in [7, 11) is 0. The molecule has 0 saturated heterocycles. The molecule has 2 aromatic rings. The highest BCUT2D eigenvalue weighted by molar-refractivity contribution is 5.94. The minimum absolute atomic E-state index is 0.0903. The van der Waals surface area contributed by atoms with Crippen LogP contribution in [0.15, 0.2) is 47.1 Å². The molecule has 0 radical (unpaired) electrons. The van der Waals surface area contributed by atoms with Crippen molar-refractivity contribution < 1.29 is 35.9 Å². The van der Waals surface area contributed by atoms with Crippen LogP contribution in [0.4, 0.5) is 22.0 Å². The maximum atomic E-state index is 12.7. The van der Waals surface area contributed by atoms with E-state index in [1.807, 2.05) is 0 Å². The van der Waals surface area contributed by atoms with Crippen molar-refractivity contribution in [2.45, 2.75) is 19.3 Å². The van der Waals surface area contributed by atoms with Gasteiger partial charge in [-0.1, -0.05) is 0 Å². The highest BCUT2D eigenvalue weighted by atomic mass is 19.4. The summed E-state index contributed by atoms with van der Waals surface area (Å²) >= 11 is 0. The van der Waals surface area contributed by atoms with E-state index in [9.17, 15) is 26.7 Å². The van der Waals surface area contributed by atoms with Gasteiger partial charge < -0.3 is 14.1 Å². The van der Waals surface area contributed by atoms with Gasteiger partial charge in [0.05, 0.1) is 12.8 Å². The van der Waals surface area contributed by atoms with E-state index in [2.05, 4.69) is 4.74 Å². The highest BCUT2D eigenvalue weighted by Gasteiger charge is 2.33. The molecule has 1 aromatic carbocycles. The number of carbonyl (C=O) groups is 1. The third kappa shape index (κ3) is 5.25. The first-order chi connectivity index (χ1) is 11.2. The standard InChI is InChI=1S/C15H12F5NO3/c16-14(17)24-11-5-3-10(4-6-11)13(22)21(9-15(18,19)20)8-12-2-1-7-23-12/h1-7,14H,8-9H2. The molecule has 1 heterocycles. The number of ether oxygens (including phenoxy) is 1. The summed E-state index contributed by atoms with van der Waals surface area (Å²) in [6.07, 6.45) is -3.32. The van der Waals surface area contributed by atoms with Crippen LogP contribution in [0.25, 0.3) is 0 Å². The predicted octanol–water partition coefficient (Wildman–Crippen LogP) is 4.09. The van der Waals surface area contributed by atoms with Gasteiger partial charge in [0, 0.05) is 5.56 Å². The Bertz CT molecular complexity index is 653. The van der Waals surface area contributed by atoms with Crippen LogP contribution >= 0.6 is 0 Å². The van der Waals surface area contributed by atoms with Gasteiger partial charge in [-0.25, -0.2) is 0 Å². The van der Waals surface area contributed by atoms with Gasteiger partial charge in [-0.15, -0.1) is 0 Å². The lowest BCUT2D eigenvalue weighted by atomic mass is 10.2. The second-order valence-corrected chi connectivity index (χ2v) is 4.76. The average Bonchev–Trinajstić information content (AvgIpc) is 2.97. The molecule has 2 rings (SSSR count). The monoisotopic (exact) mass is 349 g/mol. The molecule has 0 atom stereocenters. The molecule has 4 nitrogen and oxygen atoms in total. The third-order valence-corrected chi connectivity index (χ3v) is 2.91. The summed E-state index contributed by atoms with van der Waals surface area (Å²) in [6, 6.07) is 7.32. The number of halogens is 5. The first-order valence-corrected chi connectivity index (χ1v) is 6.68. The average molecular weight is 349 g/mol. The zero-order valence-electron chi connectivity index (χ0n) is 12.1. The Morgan fingerprint density at radius 3 is 2.33 bits per heavy atom. The Kier molecular flexibility index (Phi) is 5.42. The van der Waals surface area contributed by atoms with Crippen LogP contribution in [-0.2, 0) is 6.54 Å². The second-order valence-electron chi connectivity index (χ2n) is 4.76. The van der Waals surface area contributed by atoms with Crippen LogP contribution in [0.3, 0.4) is 0 Å². The molecular formula is C15H12F5NO3. The number of hydrogen-bond donors (Lipinski definition) is 0. The van der Waals surface area contributed by atoms with E-state index in [0.29, 0.717) is 4.90 Å². The van der Waals surface area contributed by atoms with Crippen molar-refractivity contribution in [3.63, 3.8) is 0 Å². The van der Waals surface area contributed by atoms with Crippen molar-refractivity contribution in [1.29, 1.82) is 0 Å². The number of alkyl halides is 5. The Balaban J connectivity index is 2.16. The van der Waals surface area contributed by atoms with Crippen LogP contribution in [0, 0.1) is 0 Å². The molecule has 0 aliphatic carbocycles. The molecule has 0 spiro atoms. The van der Waals surface area contributed by atoms with E-state index in [-0.39, 0.29) is 23.6 Å². The Morgan fingerprint density at radius 2 is 1.83 bits per heavy atom. The van der Waals surface area contributed by atoms with Crippen LogP contribution in [0.2, 0.25) is 0 Å². The molecule has 0 saturated carbocycles. The molecule has 130 valence electrons. The topological polar surface area (TPSA) is 42.7 Å². The third-order valence-electron chi connectivity index (χ3n) is 2.91. The number of carbonyl (C=O) groups excluding carboxylic acids is 1. The van der Waals surface area contributed by atoms with E-state index in [4.69, 9.17) is 4.42 Å². The maximum Gasteiger partial charge on any atom is 0.406 e. The molecule has 1 aromatic heterocycles. The molecule has 0 aliphatic heterocycles. The summed E-state index contributed by atoms with van der Waals surface area (Å²) in [6.45, 7) is -4.88. The SMILES string of the molecule is O=C(c1ccc(OC(F)F)cc1)N(Cc1ccco1)CC(F)(F)F. The maximum absolute atomic E-state index is 12.7. The molecule has 9 heteroatoms. The summed E-state index contributed by atoms with van der Waals surface area (Å²) in [5.41, 5.74) is -0.0903. The van der Waals surface area contributed by atoms with Crippen molar-refractivity contribution in [2.75, 3.05) is 6.54 Å². The fourth-order valence-corrected chi connectivity index (χ4v) is 1.97. The Hall–Kier alpha value is -2.58. The molecule has 0 unspecified atom stereocenters. The summed E-state index contributed by atoms with van der Waals surface area (Å²) in [5, 5.41) is 0. The van der Waals surface area contributed by atoms with Gasteiger partial charge in [-0.05, 0) is 36.4 Å². The van der Waals surface area contributed by atoms with Gasteiger partial charge in [0.2, 0.25) is 0 Å². The van der Waals surface area contributed by atoms with Crippen LogP contribution in [0.1, 0.15) is 16.1 Å². The van der Waals surface area contributed by atoms with E-state index < -0.39 is 25.2 Å². The van der Waals surface area contributed by atoms with Gasteiger partial charge in [-0.3, -0.25) is 4.79 Å². The van der Waals surface area contributed by atoms with Crippen molar-refractivity contribution in [3.05, 3.63) is 54.0 Å². The van der Waals surface area contributed by atoms with Crippen molar-refractivity contribution in [1.82, 2.24) is 4.90 Å². The molecule has 1 amide bonds. The number of rotatable bonds is 6. The van der Waals surface area contributed by atoms with Crippen molar-refractivity contribution in [3.8, 4) is 5.75 Å². The first kappa shape index (κ1) is 17.8. The fraction of sp³-hybridized carbons (Fsp3) is 0.267. The van der Waals surface area contributed by atoms with Gasteiger partial charge in [0.1, 0.15) is 18.1 Å². The van der Waals surface area contributed by atoms with Crippen LogP contribution in [-0.4, -0.2) is 30.1 Å². The van der Waals surface area contributed by atoms with Gasteiger partial charge in [0.25, 0.3) is 5.91 Å². The van der Waals surface area contributed by atoms with Crippen molar-refractivity contribution in [2.24, 2.45) is 0 Å². The van der Waals surface area contributed by atoms with E-state index in [1.165, 1.54) is 18.4 Å². The predicted molar refractivity (Wildman–Crippen MR) is 72.6 cm³/mol. The minimum Gasteiger partial charge on any atom is -0.467 e. The fourth-order valence-electron chi connectivity index (χ4n) is 1.97. The number of benzene rings is 1. The molecule has 0 fully saturated rings.